The SMILES string of the molecule is CCOc1c(C(C)C(=O)O)cc(Cl)c(F)c1-c1ccc(C(F)(F)F)nc1. The Kier molecular flexibility index (Phi) is 5.75. The summed E-state index contributed by atoms with van der Waals surface area (Å²) < 4.78 is 58.1. The average Bonchev–Trinajstić information content (AvgIpc) is 2.57. The van der Waals surface area contributed by atoms with Gasteiger partial charge in [0.15, 0.2) is 5.82 Å². The molecule has 0 spiro atoms. The molecule has 1 aromatic heterocycles. The maximum Gasteiger partial charge on any atom is 0.433 e. The smallest absolute Gasteiger partial charge is 0.433 e. The zero-order chi connectivity index (χ0) is 19.6. The second kappa shape index (κ2) is 7.49. The van der Waals surface area contributed by atoms with Gasteiger partial charge >= 0.3 is 12.1 Å². The van der Waals surface area contributed by atoms with E-state index in [0.717, 1.165) is 18.3 Å². The summed E-state index contributed by atoms with van der Waals surface area (Å²) in [6.07, 6.45) is -3.80. The van der Waals surface area contributed by atoms with Crippen LogP contribution in [0.25, 0.3) is 11.1 Å². The molecule has 0 bridgehead atoms. The Bertz CT molecular complexity index is 822. The molecule has 1 heterocycles. The van der Waals surface area contributed by atoms with Gasteiger partial charge in [-0.1, -0.05) is 17.7 Å². The van der Waals surface area contributed by atoms with E-state index in [1.165, 1.54) is 6.92 Å². The summed E-state index contributed by atoms with van der Waals surface area (Å²) in [7, 11) is 0. The van der Waals surface area contributed by atoms with Crippen LogP contribution in [0.2, 0.25) is 5.02 Å². The van der Waals surface area contributed by atoms with Crippen LogP contribution in [0, 0.1) is 5.82 Å². The standard InChI is InChI=1S/C17H14ClF4NO3/c1-3-26-15-10(8(2)16(24)25)6-11(18)14(19)13(15)9-4-5-12(23-7-9)17(20,21)22/h4-8H,3H2,1-2H3,(H,24,25). The zero-order valence-corrected chi connectivity index (χ0v) is 14.5. The molecule has 140 valence electrons. The van der Waals surface area contributed by atoms with E-state index in [1.54, 1.807) is 6.92 Å². The fourth-order valence-electron chi connectivity index (χ4n) is 2.35. The van der Waals surface area contributed by atoms with Crippen LogP contribution in [0.15, 0.2) is 24.4 Å². The highest BCUT2D eigenvalue weighted by Crippen LogP contribution is 2.42. The van der Waals surface area contributed by atoms with Crippen molar-refractivity contribution in [3.63, 3.8) is 0 Å². The van der Waals surface area contributed by atoms with Gasteiger partial charge in [0.2, 0.25) is 0 Å². The van der Waals surface area contributed by atoms with E-state index < -0.39 is 29.6 Å². The Morgan fingerprint density at radius 1 is 1.38 bits per heavy atom. The lowest BCUT2D eigenvalue weighted by Gasteiger charge is -2.19. The number of hydrogen-bond acceptors (Lipinski definition) is 3. The lowest BCUT2D eigenvalue weighted by molar-refractivity contribution is -0.141. The van der Waals surface area contributed by atoms with Gasteiger partial charge in [0.25, 0.3) is 0 Å². The first-order valence-corrected chi connectivity index (χ1v) is 7.86. The summed E-state index contributed by atoms with van der Waals surface area (Å²) in [4.78, 5) is 14.6. The largest absolute Gasteiger partial charge is 0.493 e. The predicted molar refractivity (Wildman–Crippen MR) is 86.9 cm³/mol. The molecule has 0 radical (unpaired) electrons. The molecule has 0 amide bonds. The van der Waals surface area contributed by atoms with E-state index in [2.05, 4.69) is 4.98 Å². The number of aromatic nitrogens is 1. The number of pyridine rings is 1. The van der Waals surface area contributed by atoms with Crippen LogP contribution in [-0.4, -0.2) is 22.7 Å². The lowest BCUT2D eigenvalue weighted by Crippen LogP contribution is -2.12. The van der Waals surface area contributed by atoms with Crippen molar-refractivity contribution in [2.75, 3.05) is 6.61 Å². The van der Waals surface area contributed by atoms with Crippen molar-refractivity contribution in [3.05, 3.63) is 46.5 Å². The Morgan fingerprint density at radius 3 is 2.50 bits per heavy atom. The Morgan fingerprint density at radius 2 is 2.04 bits per heavy atom. The van der Waals surface area contributed by atoms with Gasteiger partial charge in [-0.2, -0.15) is 13.2 Å². The fraction of sp³-hybridized carbons (Fsp3) is 0.294. The van der Waals surface area contributed by atoms with E-state index in [0.29, 0.717) is 6.07 Å². The number of halogens is 5. The second-order valence-electron chi connectivity index (χ2n) is 5.39. The Balaban J connectivity index is 2.72. The number of carboxylic acid groups (broad SMARTS) is 1. The van der Waals surface area contributed by atoms with Gasteiger partial charge in [-0.05, 0) is 26.0 Å². The second-order valence-corrected chi connectivity index (χ2v) is 5.80. The normalized spacial score (nSPS) is 12.7. The fourth-order valence-corrected chi connectivity index (χ4v) is 2.56. The molecule has 1 atom stereocenters. The summed E-state index contributed by atoms with van der Waals surface area (Å²) in [5.41, 5.74) is -1.27. The number of rotatable bonds is 5. The molecule has 0 saturated carbocycles. The number of alkyl halides is 3. The van der Waals surface area contributed by atoms with E-state index in [-0.39, 0.29) is 34.1 Å². The molecular weight excluding hydrogens is 378 g/mol. The van der Waals surface area contributed by atoms with Gasteiger partial charge in [0.1, 0.15) is 11.4 Å². The van der Waals surface area contributed by atoms with Gasteiger partial charge in [0, 0.05) is 17.3 Å². The molecule has 2 rings (SSSR count). The molecule has 1 aromatic carbocycles. The van der Waals surface area contributed by atoms with Crippen molar-refractivity contribution in [2.24, 2.45) is 0 Å². The maximum atomic E-state index is 14.6. The van der Waals surface area contributed by atoms with E-state index in [9.17, 15) is 27.5 Å². The molecule has 0 saturated heterocycles. The van der Waals surface area contributed by atoms with Crippen molar-refractivity contribution in [2.45, 2.75) is 25.9 Å². The summed E-state index contributed by atoms with van der Waals surface area (Å²) in [5.74, 6) is -3.29. The first kappa shape index (κ1) is 20.0. The van der Waals surface area contributed by atoms with Crippen LogP contribution < -0.4 is 4.74 Å². The third-order valence-corrected chi connectivity index (χ3v) is 3.94. The summed E-state index contributed by atoms with van der Waals surface area (Å²) in [6, 6.07) is 2.87. The monoisotopic (exact) mass is 391 g/mol. The third-order valence-electron chi connectivity index (χ3n) is 3.67. The molecule has 1 unspecified atom stereocenters. The number of carboxylic acids is 1. The number of carbonyl (C=O) groups is 1. The summed E-state index contributed by atoms with van der Waals surface area (Å²) in [6.45, 7) is 3.06. The minimum absolute atomic E-state index is 0.0136. The minimum Gasteiger partial charge on any atom is -0.493 e. The van der Waals surface area contributed by atoms with Crippen LogP contribution in [0.1, 0.15) is 31.0 Å². The molecule has 4 nitrogen and oxygen atoms in total. The average molecular weight is 392 g/mol. The minimum atomic E-state index is -4.64. The number of hydrogen-bond donors (Lipinski definition) is 1. The van der Waals surface area contributed by atoms with Crippen molar-refractivity contribution in [1.82, 2.24) is 4.98 Å². The van der Waals surface area contributed by atoms with Gasteiger partial charge in [-0.25, -0.2) is 4.39 Å². The number of nitrogens with zero attached hydrogens (tertiary/aromatic N) is 1. The highest BCUT2D eigenvalue weighted by Gasteiger charge is 2.33. The molecule has 26 heavy (non-hydrogen) atoms. The molecule has 9 heteroatoms. The highest BCUT2D eigenvalue weighted by molar-refractivity contribution is 6.31. The molecule has 0 fully saturated rings. The molecule has 1 N–H and O–H groups in total. The molecule has 0 aliphatic carbocycles. The third kappa shape index (κ3) is 3.90. The van der Waals surface area contributed by atoms with Crippen molar-refractivity contribution >= 4 is 17.6 Å². The number of benzene rings is 1. The van der Waals surface area contributed by atoms with Crippen molar-refractivity contribution in [1.29, 1.82) is 0 Å². The van der Waals surface area contributed by atoms with E-state index >= 15 is 0 Å². The number of aliphatic carboxylic acids is 1. The highest BCUT2D eigenvalue weighted by atomic mass is 35.5. The first-order chi connectivity index (χ1) is 12.1. The van der Waals surface area contributed by atoms with Crippen LogP contribution in [0.5, 0.6) is 5.75 Å². The van der Waals surface area contributed by atoms with Crippen LogP contribution in [-0.2, 0) is 11.0 Å². The molecule has 0 aliphatic rings. The lowest BCUT2D eigenvalue weighted by atomic mass is 9.94. The van der Waals surface area contributed by atoms with Gasteiger partial charge < -0.3 is 9.84 Å². The van der Waals surface area contributed by atoms with Crippen LogP contribution >= 0.6 is 11.6 Å². The van der Waals surface area contributed by atoms with Gasteiger partial charge in [-0.3, -0.25) is 9.78 Å². The quantitative estimate of drug-likeness (QED) is 0.716. The van der Waals surface area contributed by atoms with Crippen molar-refractivity contribution < 1.29 is 32.2 Å². The van der Waals surface area contributed by atoms with Gasteiger partial charge in [-0.15, -0.1) is 0 Å². The molecule has 0 aliphatic heterocycles. The predicted octanol–water partition coefficient (Wildman–Crippen LogP) is 5.15. The summed E-state index contributed by atoms with van der Waals surface area (Å²) in [5, 5.41) is 8.88. The van der Waals surface area contributed by atoms with Crippen molar-refractivity contribution in [3.8, 4) is 16.9 Å². The Hall–Kier alpha value is -2.35. The maximum absolute atomic E-state index is 14.6. The summed E-state index contributed by atoms with van der Waals surface area (Å²) >= 11 is 5.87. The van der Waals surface area contributed by atoms with Gasteiger partial charge in [0.05, 0.1) is 23.1 Å². The molecular formula is C17H14ClF4NO3. The van der Waals surface area contributed by atoms with E-state index in [4.69, 9.17) is 16.3 Å². The van der Waals surface area contributed by atoms with E-state index in [1.807, 2.05) is 0 Å². The Labute approximate surface area is 151 Å². The molecule has 2 aromatic rings. The first-order valence-electron chi connectivity index (χ1n) is 7.49. The zero-order valence-electron chi connectivity index (χ0n) is 13.7. The topological polar surface area (TPSA) is 59.4 Å². The van der Waals surface area contributed by atoms with Crippen LogP contribution in [0.4, 0.5) is 17.6 Å². The van der Waals surface area contributed by atoms with Crippen LogP contribution in [0.3, 0.4) is 0 Å². The number of ether oxygens (including phenoxy) is 1.